The maximum Gasteiger partial charge on any atom is 0.243 e. The normalized spacial score (nSPS) is 11.8. The highest BCUT2D eigenvalue weighted by atomic mass is 35.5. The monoisotopic (exact) mass is 482 g/mol. The van der Waals surface area contributed by atoms with Crippen molar-refractivity contribution < 1.29 is 9.59 Å². The van der Waals surface area contributed by atoms with Gasteiger partial charge in [-0.25, -0.2) is 0 Å². The first kappa shape index (κ1) is 24.8. The molecular formula is C27H28Cl2N2O2. The van der Waals surface area contributed by atoms with Gasteiger partial charge < -0.3 is 10.2 Å². The van der Waals surface area contributed by atoms with Crippen LogP contribution >= 0.6 is 23.2 Å². The molecule has 2 amide bonds. The molecule has 4 nitrogen and oxygen atoms in total. The molecule has 172 valence electrons. The fourth-order valence-corrected chi connectivity index (χ4v) is 3.98. The first-order chi connectivity index (χ1) is 15.8. The molecule has 33 heavy (non-hydrogen) atoms. The zero-order valence-corrected chi connectivity index (χ0v) is 20.3. The van der Waals surface area contributed by atoms with Crippen molar-refractivity contribution in [1.82, 2.24) is 10.2 Å². The van der Waals surface area contributed by atoms with Crippen LogP contribution in [0.4, 0.5) is 0 Å². The number of halogens is 2. The second kappa shape index (κ2) is 11.9. The van der Waals surface area contributed by atoms with Crippen molar-refractivity contribution in [2.24, 2.45) is 0 Å². The lowest BCUT2D eigenvalue weighted by molar-refractivity contribution is -0.141. The maximum atomic E-state index is 13.6. The summed E-state index contributed by atoms with van der Waals surface area (Å²) in [6.07, 6.45) is 0.558. The molecule has 3 aromatic carbocycles. The number of rotatable bonds is 9. The van der Waals surface area contributed by atoms with E-state index < -0.39 is 6.04 Å². The molecule has 3 rings (SSSR count). The minimum atomic E-state index is -0.669. The Kier molecular flexibility index (Phi) is 8.93. The maximum absolute atomic E-state index is 13.6. The van der Waals surface area contributed by atoms with Gasteiger partial charge in [-0.05, 0) is 54.8 Å². The van der Waals surface area contributed by atoms with Crippen LogP contribution in [-0.2, 0) is 29.0 Å². The average molecular weight is 483 g/mol. The van der Waals surface area contributed by atoms with Crippen molar-refractivity contribution in [2.45, 2.75) is 45.3 Å². The molecule has 0 aliphatic rings. The number of hydrogen-bond acceptors (Lipinski definition) is 2. The predicted molar refractivity (Wildman–Crippen MR) is 134 cm³/mol. The highest BCUT2D eigenvalue weighted by molar-refractivity contribution is 6.30. The van der Waals surface area contributed by atoms with Crippen LogP contribution in [0.1, 0.15) is 30.5 Å². The van der Waals surface area contributed by atoms with Crippen molar-refractivity contribution in [3.63, 3.8) is 0 Å². The van der Waals surface area contributed by atoms with Crippen LogP contribution in [0.15, 0.2) is 78.9 Å². The van der Waals surface area contributed by atoms with E-state index >= 15 is 0 Å². The molecule has 6 heteroatoms. The van der Waals surface area contributed by atoms with E-state index in [4.69, 9.17) is 23.2 Å². The fraction of sp³-hybridized carbons (Fsp3) is 0.259. The molecule has 0 heterocycles. The minimum Gasteiger partial charge on any atom is -0.352 e. The number of carbonyl (C=O) groups excluding carboxylic acids is 2. The third kappa shape index (κ3) is 7.62. The Labute approximate surface area is 205 Å². The lowest BCUT2D eigenvalue weighted by Crippen LogP contribution is -2.52. The van der Waals surface area contributed by atoms with Gasteiger partial charge in [0.05, 0.1) is 6.42 Å². The smallest absolute Gasteiger partial charge is 0.243 e. The molecule has 0 fully saturated rings. The molecular weight excluding hydrogens is 455 g/mol. The SMILES string of the molecule is CC(C)NC(=O)[C@@H](Cc1ccccc1)N(Cc1ccc(Cl)cc1)C(=O)Cc1cccc(Cl)c1. The van der Waals surface area contributed by atoms with Crippen LogP contribution in [0.25, 0.3) is 0 Å². The molecule has 0 aliphatic heterocycles. The van der Waals surface area contributed by atoms with E-state index in [2.05, 4.69) is 5.32 Å². The van der Waals surface area contributed by atoms with Gasteiger partial charge in [-0.1, -0.05) is 77.8 Å². The van der Waals surface area contributed by atoms with Gasteiger partial charge in [0.15, 0.2) is 0 Å². The average Bonchev–Trinajstić information content (AvgIpc) is 2.77. The largest absolute Gasteiger partial charge is 0.352 e. The standard InChI is InChI=1S/C27H28Cl2N2O2/c1-19(2)30-27(33)25(16-20-7-4-3-5-8-20)31(18-21-11-13-23(28)14-12-21)26(32)17-22-9-6-10-24(29)15-22/h3-15,19,25H,16-18H2,1-2H3,(H,30,33)/t25-/m1/s1. The lowest BCUT2D eigenvalue weighted by Gasteiger charge is -2.32. The minimum absolute atomic E-state index is 0.0452. The first-order valence-electron chi connectivity index (χ1n) is 10.9. The Morgan fingerprint density at radius 2 is 1.48 bits per heavy atom. The summed E-state index contributed by atoms with van der Waals surface area (Å²) in [5, 5.41) is 4.18. The summed E-state index contributed by atoms with van der Waals surface area (Å²) in [7, 11) is 0. The van der Waals surface area contributed by atoms with Crippen molar-refractivity contribution in [2.75, 3.05) is 0 Å². The zero-order valence-electron chi connectivity index (χ0n) is 18.8. The lowest BCUT2D eigenvalue weighted by atomic mass is 10.0. The number of amides is 2. The molecule has 0 bridgehead atoms. The van der Waals surface area contributed by atoms with Gasteiger partial charge in [0.2, 0.25) is 11.8 Å². The Hall–Kier alpha value is -2.82. The van der Waals surface area contributed by atoms with E-state index in [0.717, 1.165) is 16.7 Å². The van der Waals surface area contributed by atoms with E-state index in [-0.39, 0.29) is 24.3 Å². The van der Waals surface area contributed by atoms with Crippen molar-refractivity contribution >= 4 is 35.0 Å². The summed E-state index contributed by atoms with van der Waals surface area (Å²) in [6.45, 7) is 4.11. The van der Waals surface area contributed by atoms with Crippen LogP contribution in [0.2, 0.25) is 10.0 Å². The van der Waals surface area contributed by atoms with Crippen molar-refractivity contribution in [1.29, 1.82) is 0 Å². The van der Waals surface area contributed by atoms with Gasteiger partial charge >= 0.3 is 0 Å². The van der Waals surface area contributed by atoms with E-state index in [1.807, 2.05) is 68.4 Å². The molecule has 0 aliphatic carbocycles. The van der Waals surface area contributed by atoms with Crippen LogP contribution in [0.5, 0.6) is 0 Å². The summed E-state index contributed by atoms with van der Waals surface area (Å²) < 4.78 is 0. The van der Waals surface area contributed by atoms with E-state index in [1.165, 1.54) is 0 Å². The number of nitrogens with zero attached hydrogens (tertiary/aromatic N) is 1. The quantitative estimate of drug-likeness (QED) is 0.425. The molecule has 1 atom stereocenters. The highest BCUT2D eigenvalue weighted by Crippen LogP contribution is 2.19. The molecule has 3 aromatic rings. The molecule has 1 N–H and O–H groups in total. The molecule has 0 aromatic heterocycles. The summed E-state index contributed by atoms with van der Waals surface area (Å²) in [6, 6.07) is 23.6. The second-order valence-corrected chi connectivity index (χ2v) is 9.20. The molecule has 0 radical (unpaired) electrons. The summed E-state index contributed by atoms with van der Waals surface area (Å²) in [5.41, 5.74) is 2.68. The Morgan fingerprint density at radius 1 is 0.818 bits per heavy atom. The predicted octanol–water partition coefficient (Wildman–Crippen LogP) is 5.70. The zero-order chi connectivity index (χ0) is 23.8. The Balaban J connectivity index is 1.96. The Bertz CT molecular complexity index is 1070. The van der Waals surface area contributed by atoms with Gasteiger partial charge in [-0.15, -0.1) is 0 Å². The van der Waals surface area contributed by atoms with E-state index in [9.17, 15) is 9.59 Å². The molecule has 0 spiro atoms. The number of carbonyl (C=O) groups is 2. The number of nitrogens with one attached hydrogen (secondary N) is 1. The highest BCUT2D eigenvalue weighted by Gasteiger charge is 2.30. The molecule has 0 unspecified atom stereocenters. The first-order valence-corrected chi connectivity index (χ1v) is 11.7. The second-order valence-electron chi connectivity index (χ2n) is 8.32. The van der Waals surface area contributed by atoms with Crippen LogP contribution in [0, 0.1) is 0 Å². The third-order valence-electron chi connectivity index (χ3n) is 5.21. The van der Waals surface area contributed by atoms with Gasteiger partial charge in [0, 0.05) is 29.1 Å². The van der Waals surface area contributed by atoms with Crippen LogP contribution in [0.3, 0.4) is 0 Å². The third-order valence-corrected chi connectivity index (χ3v) is 5.70. The van der Waals surface area contributed by atoms with Crippen LogP contribution < -0.4 is 5.32 Å². The van der Waals surface area contributed by atoms with E-state index in [1.54, 1.807) is 29.2 Å². The van der Waals surface area contributed by atoms with E-state index in [0.29, 0.717) is 23.0 Å². The Morgan fingerprint density at radius 3 is 2.12 bits per heavy atom. The van der Waals surface area contributed by atoms with Crippen LogP contribution in [-0.4, -0.2) is 28.8 Å². The topological polar surface area (TPSA) is 49.4 Å². The van der Waals surface area contributed by atoms with Gasteiger partial charge in [-0.2, -0.15) is 0 Å². The van der Waals surface area contributed by atoms with Crippen molar-refractivity contribution in [3.8, 4) is 0 Å². The molecule has 0 saturated heterocycles. The summed E-state index contributed by atoms with van der Waals surface area (Å²) in [4.78, 5) is 28.6. The van der Waals surface area contributed by atoms with Gasteiger partial charge in [0.1, 0.15) is 6.04 Å². The van der Waals surface area contributed by atoms with Gasteiger partial charge in [-0.3, -0.25) is 9.59 Å². The van der Waals surface area contributed by atoms with Crippen molar-refractivity contribution in [3.05, 3.63) is 106 Å². The number of hydrogen-bond donors (Lipinski definition) is 1. The number of benzene rings is 3. The molecule has 0 saturated carbocycles. The summed E-state index contributed by atoms with van der Waals surface area (Å²) in [5.74, 6) is -0.325. The summed E-state index contributed by atoms with van der Waals surface area (Å²) >= 11 is 12.2. The van der Waals surface area contributed by atoms with Gasteiger partial charge in [0.25, 0.3) is 0 Å². The fourth-order valence-electron chi connectivity index (χ4n) is 3.64.